The third-order valence-corrected chi connectivity index (χ3v) is 13.9. The number of hydrogen-bond acceptors (Lipinski definition) is 12. The zero-order valence-electron chi connectivity index (χ0n) is 27.7. The quantitative estimate of drug-likeness (QED) is 0.200. The van der Waals surface area contributed by atoms with E-state index in [1.807, 2.05) is 6.07 Å². The number of ether oxygens (including phenoxy) is 3. The summed E-state index contributed by atoms with van der Waals surface area (Å²) in [6, 6.07) is 3.85. The predicted molar refractivity (Wildman–Crippen MR) is 182 cm³/mol. The Hall–Kier alpha value is -3.27. The van der Waals surface area contributed by atoms with Gasteiger partial charge in [-0.25, -0.2) is 18.4 Å². The van der Waals surface area contributed by atoms with Crippen molar-refractivity contribution in [3.05, 3.63) is 30.7 Å². The predicted octanol–water partition coefficient (Wildman–Crippen LogP) is 4.83. The first kappa shape index (κ1) is 34.1. The highest BCUT2D eigenvalue weighted by atomic mass is 32.2. The summed E-state index contributed by atoms with van der Waals surface area (Å²) in [4.78, 5) is 20.5. The van der Waals surface area contributed by atoms with Crippen LogP contribution in [-0.4, -0.2) is 94.6 Å². The lowest BCUT2D eigenvalue weighted by molar-refractivity contribution is 0.122. The molecular weight excluding hydrogens is 627 g/mol. The molecule has 0 aromatic carbocycles. The number of aromatic nitrogens is 4. The molecule has 1 aliphatic heterocycles. The van der Waals surface area contributed by atoms with Gasteiger partial charge in [-0.15, -0.1) is 0 Å². The van der Waals surface area contributed by atoms with Crippen LogP contribution in [0, 0.1) is 0 Å². The summed E-state index contributed by atoms with van der Waals surface area (Å²) in [5, 5.41) is 4.27. The Kier molecular flexibility index (Phi) is 10.5. The van der Waals surface area contributed by atoms with Gasteiger partial charge in [-0.2, -0.15) is 4.98 Å². The molecule has 46 heavy (non-hydrogen) atoms. The lowest BCUT2D eigenvalue weighted by Gasteiger charge is -2.36. The lowest BCUT2D eigenvalue weighted by Crippen LogP contribution is -2.41. The van der Waals surface area contributed by atoms with Gasteiger partial charge in [0.05, 0.1) is 61.3 Å². The van der Waals surface area contributed by atoms with E-state index in [0.29, 0.717) is 60.6 Å². The minimum Gasteiger partial charge on any atom is -0.488 e. The number of hydrogen-bond donors (Lipinski definition) is 2. The lowest BCUT2D eigenvalue weighted by atomic mass is 9.93. The van der Waals surface area contributed by atoms with Gasteiger partial charge in [0.15, 0.2) is 14.1 Å². The standard InChI is InChI=1S/C31H47N7O6SSi/c1-31(2,3)46(5,6)43-16-15-42-25-20-33-30(34-21-25)35-22-7-9-24(10-8-22)44-29-26-17-23(37-45(4,39)40)19-32-27(26)18-28(36-29)38-11-13-41-14-12-38/h17-22,24,37H,7-16H2,1-6H3,(H,33,34,35). The monoisotopic (exact) mass is 673 g/mol. The van der Waals surface area contributed by atoms with Crippen LogP contribution in [0.4, 0.5) is 17.5 Å². The number of fused-ring (bicyclic) bond motifs is 1. The first-order chi connectivity index (χ1) is 21.8. The largest absolute Gasteiger partial charge is 0.488 e. The van der Waals surface area contributed by atoms with E-state index >= 15 is 0 Å². The van der Waals surface area contributed by atoms with Gasteiger partial charge in [-0.05, 0) is 49.9 Å². The third-order valence-electron chi connectivity index (χ3n) is 8.80. The highest BCUT2D eigenvalue weighted by Gasteiger charge is 2.37. The molecule has 3 aromatic rings. The van der Waals surface area contributed by atoms with Crippen LogP contribution >= 0.6 is 0 Å². The van der Waals surface area contributed by atoms with E-state index in [2.05, 4.69) is 63.8 Å². The Morgan fingerprint density at radius 3 is 2.35 bits per heavy atom. The normalized spacial score (nSPS) is 19.6. The minimum atomic E-state index is -3.46. The molecule has 0 amide bonds. The number of morpholine rings is 1. The molecular formula is C31H47N7O6SSi. The summed E-state index contributed by atoms with van der Waals surface area (Å²) in [6.45, 7) is 14.8. The fourth-order valence-corrected chi connectivity index (χ4v) is 6.76. The van der Waals surface area contributed by atoms with Gasteiger partial charge in [0, 0.05) is 25.2 Å². The number of sulfonamides is 1. The molecule has 1 aliphatic carbocycles. The van der Waals surface area contributed by atoms with Crippen LogP contribution in [0.25, 0.3) is 10.9 Å². The third kappa shape index (κ3) is 9.17. The SMILES string of the molecule is CC(C)(C)[Si](C)(C)OCCOc1cnc(NC2CCC(Oc3nc(N4CCOCC4)cc4ncc(NS(C)(=O)=O)cc34)CC2)nc1. The Balaban J connectivity index is 1.17. The molecule has 252 valence electrons. The molecule has 2 fully saturated rings. The van der Waals surface area contributed by atoms with Gasteiger partial charge < -0.3 is 28.9 Å². The van der Waals surface area contributed by atoms with E-state index in [4.69, 9.17) is 23.6 Å². The second-order valence-electron chi connectivity index (χ2n) is 13.5. The van der Waals surface area contributed by atoms with Gasteiger partial charge in [0.25, 0.3) is 0 Å². The maximum atomic E-state index is 11.9. The number of pyridine rings is 2. The van der Waals surface area contributed by atoms with Gasteiger partial charge in [0.1, 0.15) is 18.5 Å². The molecule has 2 N–H and O–H groups in total. The Morgan fingerprint density at radius 1 is 1.00 bits per heavy atom. The maximum absolute atomic E-state index is 11.9. The van der Waals surface area contributed by atoms with Crippen molar-refractivity contribution >= 4 is 46.7 Å². The maximum Gasteiger partial charge on any atom is 0.229 e. The molecule has 15 heteroatoms. The van der Waals surface area contributed by atoms with Crippen LogP contribution in [0.1, 0.15) is 46.5 Å². The zero-order chi connectivity index (χ0) is 33.0. The first-order valence-electron chi connectivity index (χ1n) is 15.9. The van der Waals surface area contributed by atoms with Gasteiger partial charge in [-0.3, -0.25) is 9.71 Å². The Morgan fingerprint density at radius 2 is 1.70 bits per heavy atom. The molecule has 0 atom stereocenters. The fraction of sp³-hybridized carbons (Fsp3) is 0.613. The smallest absolute Gasteiger partial charge is 0.229 e. The molecule has 0 radical (unpaired) electrons. The molecule has 3 aromatic heterocycles. The van der Waals surface area contributed by atoms with E-state index in [1.54, 1.807) is 18.5 Å². The summed E-state index contributed by atoms with van der Waals surface area (Å²) in [5.41, 5.74) is 1.05. The van der Waals surface area contributed by atoms with Crippen LogP contribution in [0.15, 0.2) is 30.7 Å². The van der Waals surface area contributed by atoms with Gasteiger partial charge in [-0.1, -0.05) is 20.8 Å². The molecule has 4 heterocycles. The van der Waals surface area contributed by atoms with E-state index in [9.17, 15) is 8.42 Å². The Labute approximate surface area is 273 Å². The Bertz CT molecular complexity index is 1570. The van der Waals surface area contributed by atoms with Crippen molar-refractivity contribution in [1.29, 1.82) is 0 Å². The van der Waals surface area contributed by atoms with Crippen LogP contribution in [0.3, 0.4) is 0 Å². The number of nitrogens with one attached hydrogen (secondary N) is 2. The van der Waals surface area contributed by atoms with Crippen LogP contribution in [0.5, 0.6) is 11.6 Å². The average molecular weight is 674 g/mol. The van der Waals surface area contributed by atoms with Crippen molar-refractivity contribution in [3.63, 3.8) is 0 Å². The van der Waals surface area contributed by atoms with E-state index in [-0.39, 0.29) is 17.2 Å². The molecule has 0 bridgehead atoms. The summed E-state index contributed by atoms with van der Waals surface area (Å²) >= 11 is 0. The summed E-state index contributed by atoms with van der Waals surface area (Å²) in [7, 11) is -5.26. The van der Waals surface area contributed by atoms with Gasteiger partial charge in [0.2, 0.25) is 21.9 Å². The van der Waals surface area contributed by atoms with Crippen molar-refractivity contribution in [2.24, 2.45) is 0 Å². The molecule has 1 saturated carbocycles. The van der Waals surface area contributed by atoms with Crippen molar-refractivity contribution in [2.75, 3.05) is 60.7 Å². The van der Waals surface area contributed by atoms with E-state index in [1.165, 1.54) is 6.20 Å². The molecule has 13 nitrogen and oxygen atoms in total. The van der Waals surface area contributed by atoms with Crippen molar-refractivity contribution in [1.82, 2.24) is 19.9 Å². The van der Waals surface area contributed by atoms with E-state index < -0.39 is 18.3 Å². The molecule has 0 unspecified atom stereocenters. The summed E-state index contributed by atoms with van der Waals surface area (Å²) in [6.07, 6.45) is 9.32. The van der Waals surface area contributed by atoms with Crippen molar-refractivity contribution in [2.45, 2.75) is 76.7 Å². The van der Waals surface area contributed by atoms with Crippen LogP contribution in [0.2, 0.25) is 18.1 Å². The molecule has 0 spiro atoms. The zero-order valence-corrected chi connectivity index (χ0v) is 29.5. The molecule has 5 rings (SSSR count). The molecule has 1 saturated heterocycles. The average Bonchev–Trinajstić information content (AvgIpc) is 3.00. The van der Waals surface area contributed by atoms with E-state index in [0.717, 1.165) is 50.8 Å². The first-order valence-corrected chi connectivity index (χ1v) is 20.7. The second-order valence-corrected chi connectivity index (χ2v) is 20.0. The summed E-state index contributed by atoms with van der Waals surface area (Å²) in [5.74, 6) is 2.40. The van der Waals surface area contributed by atoms with Gasteiger partial charge >= 0.3 is 0 Å². The van der Waals surface area contributed by atoms with Crippen molar-refractivity contribution < 1.29 is 27.1 Å². The summed E-state index contributed by atoms with van der Waals surface area (Å²) < 4.78 is 50.2. The number of nitrogens with zero attached hydrogens (tertiary/aromatic N) is 5. The molecule has 2 aliphatic rings. The highest BCUT2D eigenvalue weighted by Crippen LogP contribution is 2.36. The van der Waals surface area contributed by atoms with Crippen molar-refractivity contribution in [3.8, 4) is 11.6 Å². The topological polar surface area (TPSA) is 150 Å². The van der Waals surface area contributed by atoms with Crippen LogP contribution < -0.4 is 24.4 Å². The number of rotatable bonds is 12. The number of anilines is 3. The van der Waals surface area contributed by atoms with Crippen LogP contribution in [-0.2, 0) is 19.2 Å². The second kappa shape index (κ2) is 14.2. The fourth-order valence-electron chi connectivity index (χ4n) is 5.20. The minimum absolute atomic E-state index is 0.0505. The highest BCUT2D eigenvalue weighted by molar-refractivity contribution is 7.92.